The van der Waals surface area contributed by atoms with Crippen LogP contribution in [0.2, 0.25) is 0 Å². The quantitative estimate of drug-likeness (QED) is 0.173. The van der Waals surface area contributed by atoms with Crippen LogP contribution in [-0.4, -0.2) is 0 Å². The van der Waals surface area contributed by atoms with Gasteiger partial charge in [-0.3, -0.25) is 0 Å². The van der Waals surface area contributed by atoms with Crippen LogP contribution < -0.4 is 4.90 Å². The van der Waals surface area contributed by atoms with Gasteiger partial charge in [-0.15, -0.1) is 0 Å². The maximum absolute atomic E-state index is 6.92. The van der Waals surface area contributed by atoms with Gasteiger partial charge >= 0.3 is 0 Å². The zero-order chi connectivity index (χ0) is 36.3. The van der Waals surface area contributed by atoms with Gasteiger partial charge in [0.1, 0.15) is 16.7 Å². The Bertz CT molecular complexity index is 3180. The molecule has 2 aromatic heterocycles. The molecule has 11 aromatic rings. The maximum atomic E-state index is 6.92. The molecule has 55 heavy (non-hydrogen) atoms. The van der Waals surface area contributed by atoms with E-state index in [0.717, 1.165) is 94.1 Å². The van der Waals surface area contributed by atoms with Gasteiger partial charge in [0.25, 0.3) is 0 Å². The van der Waals surface area contributed by atoms with E-state index in [-0.39, 0.29) is 0 Å². The highest BCUT2D eigenvalue weighted by molar-refractivity contribution is 6.15. The highest BCUT2D eigenvalue weighted by Gasteiger charge is 2.22. The highest BCUT2D eigenvalue weighted by Crippen LogP contribution is 2.46. The summed E-state index contributed by atoms with van der Waals surface area (Å²) in [5.74, 6) is 0. The van der Waals surface area contributed by atoms with Crippen LogP contribution in [0.25, 0.3) is 88.0 Å². The fourth-order valence-electron chi connectivity index (χ4n) is 8.13. The van der Waals surface area contributed by atoms with Gasteiger partial charge in [0, 0.05) is 38.5 Å². The van der Waals surface area contributed by atoms with Gasteiger partial charge in [-0.25, -0.2) is 0 Å². The summed E-state index contributed by atoms with van der Waals surface area (Å²) in [5, 5.41) is 6.77. The van der Waals surface area contributed by atoms with E-state index in [1.165, 1.54) is 10.9 Å². The van der Waals surface area contributed by atoms with Crippen molar-refractivity contribution in [1.82, 2.24) is 0 Å². The molecule has 9 aromatic carbocycles. The Morgan fingerprint density at radius 3 is 1.60 bits per heavy atom. The summed E-state index contributed by atoms with van der Waals surface area (Å²) in [6.45, 7) is 0. The second-order valence-corrected chi connectivity index (χ2v) is 14.1. The number of benzene rings is 9. The lowest BCUT2D eigenvalue weighted by atomic mass is 9.99. The minimum Gasteiger partial charge on any atom is -0.455 e. The van der Waals surface area contributed by atoms with Crippen LogP contribution in [-0.2, 0) is 0 Å². The molecule has 0 spiro atoms. The lowest BCUT2D eigenvalue weighted by molar-refractivity contribution is 0.669. The summed E-state index contributed by atoms with van der Waals surface area (Å²) in [4.78, 5) is 2.33. The molecule has 0 fully saturated rings. The molecule has 2 heterocycles. The molecule has 0 aliphatic heterocycles. The zero-order valence-electron chi connectivity index (χ0n) is 29.8. The van der Waals surface area contributed by atoms with E-state index in [0.29, 0.717) is 0 Å². The molecule has 258 valence electrons. The standard InChI is InChI=1S/C52H33NO2/c1-3-12-34(13-4-1)36-22-26-41(27-23-36)53(42-28-24-37(25-29-42)43-19-11-20-45-44-18-9-10-21-49(44)54-51(43)45)48-32-40(35-14-5-2-6-15-35)31-47-46-30-38-16-7-8-17-39(38)33-50(46)55-52(47)48/h1-33H. The van der Waals surface area contributed by atoms with Gasteiger partial charge < -0.3 is 13.7 Å². The summed E-state index contributed by atoms with van der Waals surface area (Å²) >= 11 is 0. The third-order valence-electron chi connectivity index (χ3n) is 10.8. The molecule has 0 aliphatic rings. The number of hydrogen-bond donors (Lipinski definition) is 0. The average molecular weight is 704 g/mol. The summed E-state index contributed by atoms with van der Waals surface area (Å²) in [6, 6.07) is 70.9. The van der Waals surface area contributed by atoms with Crippen molar-refractivity contribution in [3.05, 3.63) is 200 Å². The predicted molar refractivity (Wildman–Crippen MR) is 229 cm³/mol. The minimum absolute atomic E-state index is 0.841. The summed E-state index contributed by atoms with van der Waals surface area (Å²) in [5.41, 5.74) is 13.3. The first kappa shape index (κ1) is 31.2. The van der Waals surface area contributed by atoms with Crippen LogP contribution in [0.1, 0.15) is 0 Å². The number of nitrogens with zero attached hydrogens (tertiary/aromatic N) is 1. The molecule has 0 bridgehead atoms. The van der Waals surface area contributed by atoms with Crippen molar-refractivity contribution < 1.29 is 8.83 Å². The van der Waals surface area contributed by atoms with Gasteiger partial charge in [0.05, 0.1) is 5.69 Å². The fourth-order valence-corrected chi connectivity index (χ4v) is 8.13. The van der Waals surface area contributed by atoms with E-state index in [1.54, 1.807) is 0 Å². The lowest BCUT2D eigenvalue weighted by Gasteiger charge is -2.26. The molecule has 0 amide bonds. The van der Waals surface area contributed by atoms with E-state index in [4.69, 9.17) is 8.83 Å². The smallest absolute Gasteiger partial charge is 0.159 e. The Balaban J connectivity index is 1.13. The molecule has 0 saturated heterocycles. The lowest BCUT2D eigenvalue weighted by Crippen LogP contribution is -2.10. The first-order valence-corrected chi connectivity index (χ1v) is 18.7. The number of hydrogen-bond acceptors (Lipinski definition) is 3. The molecule has 0 aliphatic carbocycles. The average Bonchev–Trinajstić information content (AvgIpc) is 3.82. The summed E-state index contributed by atoms with van der Waals surface area (Å²) in [6.07, 6.45) is 0. The Labute approximate surface area is 317 Å². The van der Waals surface area contributed by atoms with Crippen LogP contribution in [0.4, 0.5) is 17.1 Å². The third-order valence-corrected chi connectivity index (χ3v) is 10.8. The van der Waals surface area contributed by atoms with Crippen molar-refractivity contribution in [2.24, 2.45) is 0 Å². The van der Waals surface area contributed by atoms with Crippen LogP contribution in [0, 0.1) is 0 Å². The van der Waals surface area contributed by atoms with Crippen molar-refractivity contribution in [3.63, 3.8) is 0 Å². The Kier molecular flexibility index (Phi) is 7.17. The van der Waals surface area contributed by atoms with Gasteiger partial charge in [0.15, 0.2) is 5.58 Å². The number of furan rings is 2. The van der Waals surface area contributed by atoms with Crippen LogP contribution >= 0.6 is 0 Å². The van der Waals surface area contributed by atoms with E-state index in [9.17, 15) is 0 Å². The van der Waals surface area contributed by atoms with Crippen molar-refractivity contribution in [2.45, 2.75) is 0 Å². The van der Waals surface area contributed by atoms with Crippen molar-refractivity contribution >= 4 is 71.7 Å². The first-order valence-electron chi connectivity index (χ1n) is 18.7. The Morgan fingerprint density at radius 2 is 0.873 bits per heavy atom. The van der Waals surface area contributed by atoms with E-state index < -0.39 is 0 Å². The second-order valence-electron chi connectivity index (χ2n) is 14.1. The number of fused-ring (bicyclic) bond motifs is 7. The number of anilines is 3. The molecular weight excluding hydrogens is 671 g/mol. The SMILES string of the molecule is c1ccc(-c2ccc(N(c3ccc(-c4cccc5c4oc4ccccc45)cc3)c3cc(-c4ccccc4)cc4c3oc3cc5ccccc5cc34)cc2)cc1. The Morgan fingerprint density at radius 1 is 0.309 bits per heavy atom. The summed E-state index contributed by atoms with van der Waals surface area (Å²) in [7, 11) is 0. The maximum Gasteiger partial charge on any atom is 0.159 e. The van der Waals surface area contributed by atoms with Crippen molar-refractivity contribution in [3.8, 4) is 33.4 Å². The van der Waals surface area contributed by atoms with E-state index in [2.05, 4.69) is 193 Å². The topological polar surface area (TPSA) is 29.5 Å². The number of rotatable bonds is 6. The molecule has 11 rings (SSSR count). The monoisotopic (exact) mass is 703 g/mol. The minimum atomic E-state index is 0.841. The van der Waals surface area contributed by atoms with Crippen LogP contribution in [0.15, 0.2) is 209 Å². The molecule has 0 unspecified atom stereocenters. The Hall–Kier alpha value is -7.36. The van der Waals surface area contributed by atoms with Gasteiger partial charge in [-0.1, -0.05) is 146 Å². The molecular formula is C52H33NO2. The highest BCUT2D eigenvalue weighted by atomic mass is 16.3. The van der Waals surface area contributed by atoms with E-state index in [1.807, 2.05) is 12.1 Å². The van der Waals surface area contributed by atoms with Gasteiger partial charge in [-0.05, 0) is 93.2 Å². The predicted octanol–water partition coefficient (Wildman–Crippen LogP) is 15.1. The zero-order valence-corrected chi connectivity index (χ0v) is 29.8. The fraction of sp³-hybridized carbons (Fsp3) is 0. The molecule has 0 N–H and O–H groups in total. The third kappa shape index (κ3) is 5.28. The first-order chi connectivity index (χ1) is 27.2. The number of para-hydroxylation sites is 2. The van der Waals surface area contributed by atoms with Gasteiger partial charge in [0.2, 0.25) is 0 Å². The molecule has 3 heteroatoms. The van der Waals surface area contributed by atoms with Crippen LogP contribution in [0.3, 0.4) is 0 Å². The normalized spacial score (nSPS) is 11.6. The largest absolute Gasteiger partial charge is 0.455 e. The second kappa shape index (κ2) is 12.6. The van der Waals surface area contributed by atoms with Crippen molar-refractivity contribution in [1.29, 1.82) is 0 Å². The summed E-state index contributed by atoms with van der Waals surface area (Å²) < 4.78 is 13.4. The molecule has 0 radical (unpaired) electrons. The van der Waals surface area contributed by atoms with Crippen molar-refractivity contribution in [2.75, 3.05) is 4.90 Å². The van der Waals surface area contributed by atoms with Crippen LogP contribution in [0.5, 0.6) is 0 Å². The van der Waals surface area contributed by atoms with E-state index >= 15 is 0 Å². The van der Waals surface area contributed by atoms with Gasteiger partial charge in [-0.2, -0.15) is 0 Å². The molecule has 0 saturated carbocycles. The molecule has 0 atom stereocenters. The molecule has 3 nitrogen and oxygen atoms in total.